The fourth-order valence-corrected chi connectivity index (χ4v) is 3.00. The fraction of sp³-hybridized carbons (Fsp3) is 0.562. The Morgan fingerprint density at radius 2 is 2.14 bits per heavy atom. The molecule has 0 radical (unpaired) electrons. The predicted molar refractivity (Wildman–Crippen MR) is 89.9 cm³/mol. The van der Waals surface area contributed by atoms with Gasteiger partial charge in [-0.2, -0.15) is 0 Å². The van der Waals surface area contributed by atoms with Crippen LogP contribution in [0.25, 0.3) is 0 Å². The van der Waals surface area contributed by atoms with E-state index in [1.54, 1.807) is 12.1 Å². The van der Waals surface area contributed by atoms with Crippen LogP contribution in [0.2, 0.25) is 5.02 Å². The standard InChI is InChI=1S/C16H22ClFN2O.ClH/c1-11(13-4-6-19-7-5-13)8-16(21)20-10-12-2-3-15(18)14(17)9-12;/h2-3,9,11,13,19H,4-8,10H2,1H3,(H,20,21);1H. The van der Waals surface area contributed by atoms with Crippen molar-refractivity contribution in [2.24, 2.45) is 11.8 Å². The third-order valence-electron chi connectivity index (χ3n) is 4.17. The zero-order valence-corrected chi connectivity index (χ0v) is 14.3. The molecule has 2 rings (SSSR count). The first-order valence-corrected chi connectivity index (χ1v) is 7.85. The number of nitrogens with one attached hydrogen (secondary N) is 2. The van der Waals surface area contributed by atoms with Gasteiger partial charge in [-0.25, -0.2) is 4.39 Å². The molecule has 1 unspecified atom stereocenters. The molecule has 22 heavy (non-hydrogen) atoms. The molecule has 1 aliphatic rings. The Morgan fingerprint density at radius 3 is 2.77 bits per heavy atom. The van der Waals surface area contributed by atoms with E-state index in [-0.39, 0.29) is 23.3 Å². The molecule has 2 N–H and O–H groups in total. The molecule has 6 heteroatoms. The lowest BCUT2D eigenvalue weighted by Crippen LogP contribution is -2.33. The number of benzene rings is 1. The van der Waals surface area contributed by atoms with Crippen LogP contribution in [-0.4, -0.2) is 19.0 Å². The van der Waals surface area contributed by atoms with Gasteiger partial charge in [0.15, 0.2) is 0 Å². The lowest BCUT2D eigenvalue weighted by molar-refractivity contribution is -0.122. The molecule has 0 aliphatic carbocycles. The summed E-state index contributed by atoms with van der Waals surface area (Å²) in [5.74, 6) is 0.619. The van der Waals surface area contributed by atoms with E-state index >= 15 is 0 Å². The van der Waals surface area contributed by atoms with E-state index in [2.05, 4.69) is 17.6 Å². The second kappa shape index (κ2) is 9.33. The van der Waals surface area contributed by atoms with Gasteiger partial charge in [-0.05, 0) is 55.5 Å². The monoisotopic (exact) mass is 348 g/mol. The van der Waals surface area contributed by atoms with E-state index in [0.29, 0.717) is 24.8 Å². The molecule has 0 saturated carbocycles. The van der Waals surface area contributed by atoms with Crippen molar-refractivity contribution in [3.63, 3.8) is 0 Å². The van der Waals surface area contributed by atoms with Crippen molar-refractivity contribution in [1.29, 1.82) is 0 Å². The van der Waals surface area contributed by atoms with Crippen LogP contribution in [0.4, 0.5) is 4.39 Å². The Balaban J connectivity index is 0.00000242. The van der Waals surface area contributed by atoms with Gasteiger partial charge in [0.25, 0.3) is 0 Å². The molecule has 3 nitrogen and oxygen atoms in total. The van der Waals surface area contributed by atoms with Crippen LogP contribution in [0.1, 0.15) is 31.7 Å². The number of amides is 1. The lowest BCUT2D eigenvalue weighted by Gasteiger charge is -2.27. The van der Waals surface area contributed by atoms with Crippen LogP contribution in [0.15, 0.2) is 18.2 Å². The number of rotatable bonds is 5. The van der Waals surface area contributed by atoms with Crippen molar-refractivity contribution in [2.75, 3.05) is 13.1 Å². The Bertz CT molecular complexity index is 493. The third kappa shape index (κ3) is 5.75. The highest BCUT2D eigenvalue weighted by Gasteiger charge is 2.21. The minimum Gasteiger partial charge on any atom is -0.352 e. The minimum absolute atomic E-state index is 0. The molecular weight excluding hydrogens is 326 g/mol. The Kier molecular flexibility index (Phi) is 8.15. The van der Waals surface area contributed by atoms with E-state index in [0.717, 1.165) is 31.5 Å². The highest BCUT2D eigenvalue weighted by Crippen LogP contribution is 2.24. The fourth-order valence-electron chi connectivity index (χ4n) is 2.79. The largest absolute Gasteiger partial charge is 0.352 e. The van der Waals surface area contributed by atoms with E-state index in [1.807, 2.05) is 0 Å². The van der Waals surface area contributed by atoms with Crippen molar-refractivity contribution in [3.8, 4) is 0 Å². The number of halogens is 3. The molecular formula is C16H23Cl2FN2O. The van der Waals surface area contributed by atoms with Crippen molar-refractivity contribution in [3.05, 3.63) is 34.6 Å². The second-order valence-electron chi connectivity index (χ2n) is 5.79. The third-order valence-corrected chi connectivity index (χ3v) is 4.46. The molecule has 1 fully saturated rings. The molecule has 1 heterocycles. The summed E-state index contributed by atoms with van der Waals surface area (Å²) >= 11 is 5.72. The van der Waals surface area contributed by atoms with Gasteiger partial charge < -0.3 is 10.6 Å². The van der Waals surface area contributed by atoms with Crippen molar-refractivity contribution in [2.45, 2.75) is 32.7 Å². The maximum absolute atomic E-state index is 13.1. The van der Waals surface area contributed by atoms with E-state index in [4.69, 9.17) is 11.6 Å². The second-order valence-corrected chi connectivity index (χ2v) is 6.20. The van der Waals surface area contributed by atoms with Gasteiger partial charge >= 0.3 is 0 Å². The van der Waals surface area contributed by atoms with Crippen molar-refractivity contribution in [1.82, 2.24) is 10.6 Å². The number of hydrogen-bond acceptors (Lipinski definition) is 2. The molecule has 0 bridgehead atoms. The van der Waals surface area contributed by atoms with Crippen LogP contribution < -0.4 is 10.6 Å². The minimum atomic E-state index is -0.439. The van der Waals surface area contributed by atoms with Gasteiger partial charge in [0, 0.05) is 13.0 Å². The van der Waals surface area contributed by atoms with Gasteiger partial charge in [0.1, 0.15) is 5.82 Å². The molecule has 0 spiro atoms. The van der Waals surface area contributed by atoms with E-state index < -0.39 is 5.82 Å². The molecule has 1 aromatic rings. The van der Waals surface area contributed by atoms with Crippen LogP contribution in [0.3, 0.4) is 0 Å². The van der Waals surface area contributed by atoms with Gasteiger partial charge in [-0.1, -0.05) is 24.6 Å². The molecule has 1 atom stereocenters. The normalized spacial score (nSPS) is 16.7. The quantitative estimate of drug-likeness (QED) is 0.854. The van der Waals surface area contributed by atoms with Crippen LogP contribution in [0.5, 0.6) is 0 Å². The average molecular weight is 349 g/mol. The van der Waals surface area contributed by atoms with Crippen LogP contribution in [-0.2, 0) is 11.3 Å². The smallest absolute Gasteiger partial charge is 0.220 e. The molecule has 1 aromatic carbocycles. The molecule has 1 amide bonds. The SMILES string of the molecule is CC(CC(=O)NCc1ccc(F)c(Cl)c1)C1CCNCC1.Cl. The number of carbonyl (C=O) groups excluding carboxylic acids is 1. The van der Waals surface area contributed by atoms with Gasteiger partial charge in [-0.15, -0.1) is 12.4 Å². The molecule has 1 aliphatic heterocycles. The Morgan fingerprint density at radius 1 is 1.45 bits per heavy atom. The molecule has 0 aromatic heterocycles. The average Bonchev–Trinajstić information content (AvgIpc) is 2.49. The molecule has 1 saturated heterocycles. The zero-order valence-electron chi connectivity index (χ0n) is 12.7. The highest BCUT2D eigenvalue weighted by molar-refractivity contribution is 6.30. The summed E-state index contributed by atoms with van der Waals surface area (Å²) in [6.45, 7) is 4.62. The maximum Gasteiger partial charge on any atom is 0.220 e. The molecule has 124 valence electrons. The van der Waals surface area contributed by atoms with E-state index in [1.165, 1.54) is 6.07 Å². The van der Waals surface area contributed by atoms with Gasteiger partial charge in [0.2, 0.25) is 5.91 Å². The van der Waals surface area contributed by atoms with Gasteiger partial charge in [0.05, 0.1) is 5.02 Å². The first-order valence-electron chi connectivity index (χ1n) is 7.47. The Hall–Kier alpha value is -0.840. The Labute approximate surface area is 142 Å². The summed E-state index contributed by atoms with van der Waals surface area (Å²) in [6, 6.07) is 4.51. The topological polar surface area (TPSA) is 41.1 Å². The first kappa shape index (κ1) is 19.2. The summed E-state index contributed by atoms with van der Waals surface area (Å²) in [5, 5.41) is 6.30. The maximum atomic E-state index is 13.1. The number of carbonyl (C=O) groups is 1. The lowest BCUT2D eigenvalue weighted by atomic mass is 9.84. The van der Waals surface area contributed by atoms with Crippen molar-refractivity contribution >= 4 is 29.9 Å². The summed E-state index contributed by atoms with van der Waals surface area (Å²) in [7, 11) is 0. The predicted octanol–water partition coefficient (Wildman–Crippen LogP) is 3.54. The van der Waals surface area contributed by atoms with Crippen LogP contribution >= 0.6 is 24.0 Å². The van der Waals surface area contributed by atoms with E-state index in [9.17, 15) is 9.18 Å². The first-order chi connectivity index (χ1) is 10.1. The zero-order chi connectivity index (χ0) is 15.2. The van der Waals surface area contributed by atoms with Crippen LogP contribution in [0, 0.1) is 17.7 Å². The number of hydrogen-bond donors (Lipinski definition) is 2. The summed E-state index contributed by atoms with van der Waals surface area (Å²) in [6.07, 6.45) is 2.82. The summed E-state index contributed by atoms with van der Waals surface area (Å²) < 4.78 is 13.1. The van der Waals surface area contributed by atoms with Gasteiger partial charge in [-0.3, -0.25) is 4.79 Å². The number of piperidine rings is 1. The van der Waals surface area contributed by atoms with Crippen molar-refractivity contribution < 1.29 is 9.18 Å². The highest BCUT2D eigenvalue weighted by atomic mass is 35.5. The summed E-state index contributed by atoms with van der Waals surface area (Å²) in [5.41, 5.74) is 0.810. The summed E-state index contributed by atoms with van der Waals surface area (Å²) in [4.78, 5) is 12.0.